The van der Waals surface area contributed by atoms with E-state index in [9.17, 15) is 0 Å². The molecule has 0 amide bonds. The second-order valence-electron chi connectivity index (χ2n) is 2.43. The van der Waals surface area contributed by atoms with Crippen molar-refractivity contribution in [2.75, 3.05) is 6.61 Å². The van der Waals surface area contributed by atoms with E-state index < -0.39 is 0 Å². The van der Waals surface area contributed by atoms with E-state index in [2.05, 4.69) is 5.92 Å². The summed E-state index contributed by atoms with van der Waals surface area (Å²) in [6.45, 7) is 0.611. The molecular weight excluding hydrogens is 186 g/mol. The van der Waals surface area contributed by atoms with E-state index in [1.165, 1.54) is 0 Å². The van der Waals surface area contributed by atoms with Gasteiger partial charge in [-0.2, -0.15) is 0 Å². The lowest BCUT2D eigenvalue weighted by atomic mass is 10.2. The van der Waals surface area contributed by atoms with Crippen LogP contribution < -0.4 is 10.5 Å². The molecule has 0 radical (unpaired) electrons. The third-order valence-electron chi connectivity index (χ3n) is 1.57. The van der Waals surface area contributed by atoms with Gasteiger partial charge >= 0.3 is 0 Å². The predicted molar refractivity (Wildman–Crippen MR) is 53.7 cm³/mol. The SMILES string of the molecule is C#CCOc1cccc(CN)c1Cl. The molecule has 0 saturated heterocycles. The van der Waals surface area contributed by atoms with Crippen LogP contribution in [0.25, 0.3) is 0 Å². The van der Waals surface area contributed by atoms with Gasteiger partial charge in [-0.05, 0) is 11.6 Å². The summed E-state index contributed by atoms with van der Waals surface area (Å²) in [5.74, 6) is 2.95. The molecule has 0 spiro atoms. The van der Waals surface area contributed by atoms with Crippen molar-refractivity contribution < 1.29 is 4.74 Å². The fraction of sp³-hybridized carbons (Fsp3) is 0.200. The molecule has 0 bridgehead atoms. The normalized spacial score (nSPS) is 9.31. The van der Waals surface area contributed by atoms with Crippen LogP contribution in [0.15, 0.2) is 18.2 Å². The molecule has 2 nitrogen and oxygen atoms in total. The van der Waals surface area contributed by atoms with Crippen molar-refractivity contribution in [3.63, 3.8) is 0 Å². The summed E-state index contributed by atoms with van der Waals surface area (Å²) in [5.41, 5.74) is 6.33. The Balaban J connectivity index is 2.89. The number of rotatable bonds is 3. The van der Waals surface area contributed by atoms with Gasteiger partial charge in [0.2, 0.25) is 0 Å². The van der Waals surface area contributed by atoms with Crippen LogP contribution in [0.3, 0.4) is 0 Å². The van der Waals surface area contributed by atoms with E-state index in [1.807, 2.05) is 12.1 Å². The molecule has 0 aromatic heterocycles. The molecule has 13 heavy (non-hydrogen) atoms. The number of terminal acetylenes is 1. The summed E-state index contributed by atoms with van der Waals surface area (Å²) in [4.78, 5) is 0. The Morgan fingerprint density at radius 3 is 2.92 bits per heavy atom. The second-order valence-corrected chi connectivity index (χ2v) is 2.80. The predicted octanol–water partition coefficient (Wildman–Crippen LogP) is 1.81. The van der Waals surface area contributed by atoms with Gasteiger partial charge in [0.05, 0.1) is 5.02 Å². The van der Waals surface area contributed by atoms with Gasteiger partial charge in [0, 0.05) is 6.54 Å². The summed E-state index contributed by atoms with van der Waals surface area (Å²) in [7, 11) is 0. The Hall–Kier alpha value is -1.17. The van der Waals surface area contributed by atoms with Crippen molar-refractivity contribution in [1.29, 1.82) is 0 Å². The number of nitrogens with two attached hydrogens (primary N) is 1. The van der Waals surface area contributed by atoms with Crippen LogP contribution in [0.4, 0.5) is 0 Å². The maximum Gasteiger partial charge on any atom is 0.148 e. The van der Waals surface area contributed by atoms with Crippen molar-refractivity contribution in [2.24, 2.45) is 5.73 Å². The standard InChI is InChI=1S/C10H10ClNO/c1-2-6-13-9-5-3-4-8(7-12)10(9)11/h1,3-5H,6-7,12H2. The summed E-state index contributed by atoms with van der Waals surface area (Å²) in [5, 5.41) is 0.542. The monoisotopic (exact) mass is 195 g/mol. The lowest BCUT2D eigenvalue weighted by Crippen LogP contribution is -2.00. The Morgan fingerprint density at radius 2 is 2.31 bits per heavy atom. The topological polar surface area (TPSA) is 35.2 Å². The first-order chi connectivity index (χ1) is 6.29. The number of hydrogen-bond acceptors (Lipinski definition) is 2. The van der Waals surface area contributed by atoms with Crippen LogP contribution in [0.1, 0.15) is 5.56 Å². The van der Waals surface area contributed by atoms with E-state index in [1.54, 1.807) is 6.07 Å². The minimum atomic E-state index is 0.216. The zero-order valence-corrected chi connectivity index (χ0v) is 7.84. The number of halogens is 1. The van der Waals surface area contributed by atoms with Crippen molar-refractivity contribution in [1.82, 2.24) is 0 Å². The molecule has 0 aliphatic carbocycles. The fourth-order valence-electron chi connectivity index (χ4n) is 0.945. The highest BCUT2D eigenvalue weighted by atomic mass is 35.5. The highest BCUT2D eigenvalue weighted by Gasteiger charge is 2.04. The number of hydrogen-bond donors (Lipinski definition) is 1. The van der Waals surface area contributed by atoms with Crippen LogP contribution in [0.5, 0.6) is 5.75 Å². The second kappa shape index (κ2) is 4.76. The maximum atomic E-state index is 5.97. The third kappa shape index (κ3) is 2.38. The van der Waals surface area contributed by atoms with Crippen LogP contribution in [0, 0.1) is 12.3 Å². The summed E-state index contributed by atoms with van der Waals surface area (Å²) in [6.07, 6.45) is 5.05. The van der Waals surface area contributed by atoms with Gasteiger partial charge in [-0.1, -0.05) is 29.7 Å². The van der Waals surface area contributed by atoms with Gasteiger partial charge in [0.15, 0.2) is 0 Å². The molecule has 3 heteroatoms. The third-order valence-corrected chi connectivity index (χ3v) is 2.00. The molecule has 1 aromatic carbocycles. The van der Waals surface area contributed by atoms with E-state index in [0.717, 1.165) is 5.56 Å². The first kappa shape index (κ1) is 9.91. The first-order valence-corrected chi connectivity index (χ1v) is 4.21. The average Bonchev–Trinajstić information content (AvgIpc) is 2.16. The van der Waals surface area contributed by atoms with E-state index >= 15 is 0 Å². The summed E-state index contributed by atoms with van der Waals surface area (Å²) >= 11 is 5.97. The highest BCUT2D eigenvalue weighted by Crippen LogP contribution is 2.27. The number of benzene rings is 1. The molecule has 68 valence electrons. The summed E-state index contributed by atoms with van der Waals surface area (Å²) in [6, 6.07) is 5.45. The van der Waals surface area contributed by atoms with E-state index in [0.29, 0.717) is 17.3 Å². The van der Waals surface area contributed by atoms with Crippen LogP contribution in [0.2, 0.25) is 5.02 Å². The molecule has 0 atom stereocenters. The lowest BCUT2D eigenvalue weighted by molar-refractivity contribution is 0.370. The molecule has 0 aliphatic rings. The van der Waals surface area contributed by atoms with Gasteiger partial charge in [0.25, 0.3) is 0 Å². The van der Waals surface area contributed by atoms with E-state index in [-0.39, 0.29) is 6.61 Å². The van der Waals surface area contributed by atoms with Crippen LogP contribution >= 0.6 is 11.6 Å². The molecule has 0 saturated carbocycles. The van der Waals surface area contributed by atoms with Crippen LogP contribution in [-0.4, -0.2) is 6.61 Å². The van der Waals surface area contributed by atoms with Crippen molar-refractivity contribution >= 4 is 11.6 Å². The minimum absolute atomic E-state index is 0.216. The zero-order valence-electron chi connectivity index (χ0n) is 7.09. The minimum Gasteiger partial charge on any atom is -0.479 e. The Kier molecular flexibility index (Phi) is 3.63. The summed E-state index contributed by atoms with van der Waals surface area (Å²) < 4.78 is 5.20. The van der Waals surface area contributed by atoms with Gasteiger partial charge in [0.1, 0.15) is 12.4 Å². The Labute approximate surface area is 82.6 Å². The van der Waals surface area contributed by atoms with Gasteiger partial charge in [-0.3, -0.25) is 0 Å². The largest absolute Gasteiger partial charge is 0.479 e. The van der Waals surface area contributed by atoms with Crippen LogP contribution in [-0.2, 0) is 6.54 Å². The lowest BCUT2D eigenvalue weighted by Gasteiger charge is -2.07. The van der Waals surface area contributed by atoms with Crippen molar-refractivity contribution in [2.45, 2.75) is 6.54 Å². The fourth-order valence-corrected chi connectivity index (χ4v) is 1.20. The number of ether oxygens (including phenoxy) is 1. The molecular formula is C10H10ClNO. The molecule has 0 fully saturated rings. The van der Waals surface area contributed by atoms with E-state index in [4.69, 9.17) is 28.5 Å². The first-order valence-electron chi connectivity index (χ1n) is 3.83. The van der Waals surface area contributed by atoms with Crippen molar-refractivity contribution in [3.8, 4) is 18.1 Å². The highest BCUT2D eigenvalue weighted by molar-refractivity contribution is 6.32. The molecule has 1 rings (SSSR count). The Morgan fingerprint density at radius 1 is 1.54 bits per heavy atom. The Bertz CT molecular complexity index is 330. The molecule has 0 aliphatic heterocycles. The van der Waals surface area contributed by atoms with Crippen molar-refractivity contribution in [3.05, 3.63) is 28.8 Å². The van der Waals surface area contributed by atoms with Gasteiger partial charge in [-0.25, -0.2) is 0 Å². The quantitative estimate of drug-likeness (QED) is 0.747. The smallest absolute Gasteiger partial charge is 0.148 e. The molecule has 2 N–H and O–H groups in total. The maximum absolute atomic E-state index is 5.97. The van der Waals surface area contributed by atoms with Gasteiger partial charge in [-0.15, -0.1) is 6.42 Å². The van der Waals surface area contributed by atoms with Gasteiger partial charge < -0.3 is 10.5 Å². The molecule has 0 heterocycles. The molecule has 0 unspecified atom stereocenters. The zero-order chi connectivity index (χ0) is 9.68. The molecule has 1 aromatic rings. The average molecular weight is 196 g/mol.